The van der Waals surface area contributed by atoms with Crippen molar-refractivity contribution < 1.29 is 8.78 Å². The van der Waals surface area contributed by atoms with Crippen molar-refractivity contribution in [3.05, 3.63) is 52.6 Å². The lowest BCUT2D eigenvalue weighted by atomic mass is 10.1. The summed E-state index contributed by atoms with van der Waals surface area (Å²) >= 11 is 1.40. The zero-order chi connectivity index (χ0) is 20.7. The fourth-order valence-corrected chi connectivity index (χ4v) is 4.98. The molecule has 2 aliphatic rings. The molecule has 1 saturated heterocycles. The summed E-state index contributed by atoms with van der Waals surface area (Å²) in [6.45, 7) is 3.12. The van der Waals surface area contributed by atoms with Gasteiger partial charge < -0.3 is 21.3 Å². The zero-order valence-corrected chi connectivity index (χ0v) is 17.4. The molecule has 4 N–H and O–H groups in total. The van der Waals surface area contributed by atoms with Gasteiger partial charge >= 0.3 is 0 Å². The van der Waals surface area contributed by atoms with Crippen LogP contribution in [-0.4, -0.2) is 35.1 Å². The summed E-state index contributed by atoms with van der Waals surface area (Å²) in [4.78, 5) is 4.07. The van der Waals surface area contributed by atoms with Crippen LogP contribution in [0.4, 0.5) is 20.3 Å². The van der Waals surface area contributed by atoms with Crippen molar-refractivity contribution >= 4 is 23.3 Å². The van der Waals surface area contributed by atoms with E-state index in [1.165, 1.54) is 17.8 Å². The van der Waals surface area contributed by atoms with Crippen molar-refractivity contribution in [3.63, 3.8) is 0 Å². The van der Waals surface area contributed by atoms with Gasteiger partial charge in [-0.05, 0) is 25.8 Å². The number of alkyl halides is 1. The molecule has 0 saturated carbocycles. The first-order valence-electron chi connectivity index (χ1n) is 9.70. The van der Waals surface area contributed by atoms with Gasteiger partial charge in [0.05, 0.1) is 11.2 Å². The fourth-order valence-electron chi connectivity index (χ4n) is 3.95. The standard InChI is InChI=1S/C20H26F2N6S/c1-12-3-4-14(21)13(9-12)20-28(11-18(24)29-20)17-10-25-26(2)19(17)27-7-5-15(22)16(23)6-8-27/h3-4,9-11,15-16,20H,5-8,23-24H2,1-2H3. The van der Waals surface area contributed by atoms with Crippen LogP contribution in [0.15, 0.2) is 35.6 Å². The number of aromatic nitrogens is 2. The van der Waals surface area contributed by atoms with Crippen molar-refractivity contribution in [2.45, 2.75) is 37.4 Å². The molecule has 0 aliphatic carbocycles. The second-order valence-electron chi connectivity index (χ2n) is 7.66. The van der Waals surface area contributed by atoms with E-state index >= 15 is 0 Å². The Labute approximate surface area is 173 Å². The first kappa shape index (κ1) is 20.0. The molecule has 3 unspecified atom stereocenters. The highest BCUT2D eigenvalue weighted by Crippen LogP contribution is 2.47. The Morgan fingerprint density at radius 2 is 2.00 bits per heavy atom. The van der Waals surface area contributed by atoms with Gasteiger partial charge in [0.2, 0.25) is 0 Å². The molecule has 1 aromatic heterocycles. The van der Waals surface area contributed by atoms with E-state index in [2.05, 4.69) is 10.00 Å². The molecule has 2 aromatic rings. The molecule has 1 aromatic carbocycles. The van der Waals surface area contributed by atoms with Crippen LogP contribution in [0, 0.1) is 12.7 Å². The van der Waals surface area contributed by atoms with Crippen LogP contribution >= 0.6 is 11.8 Å². The molecule has 6 nitrogen and oxygen atoms in total. The largest absolute Gasteiger partial charge is 0.392 e. The number of rotatable bonds is 3. The summed E-state index contributed by atoms with van der Waals surface area (Å²) < 4.78 is 30.5. The number of halogens is 2. The fraction of sp³-hybridized carbons (Fsp3) is 0.450. The van der Waals surface area contributed by atoms with E-state index in [9.17, 15) is 8.78 Å². The molecular weight excluding hydrogens is 394 g/mol. The summed E-state index contributed by atoms with van der Waals surface area (Å²) in [5, 5.41) is 4.71. The van der Waals surface area contributed by atoms with E-state index in [1.807, 2.05) is 31.1 Å². The predicted octanol–water partition coefficient (Wildman–Crippen LogP) is 3.14. The van der Waals surface area contributed by atoms with Gasteiger partial charge in [-0.1, -0.05) is 29.5 Å². The summed E-state index contributed by atoms with van der Waals surface area (Å²) in [5.74, 6) is 0.587. The highest BCUT2D eigenvalue weighted by molar-refractivity contribution is 8.03. The van der Waals surface area contributed by atoms with Crippen LogP contribution in [0.5, 0.6) is 0 Å². The van der Waals surface area contributed by atoms with E-state index in [-0.39, 0.29) is 11.2 Å². The third kappa shape index (κ3) is 3.81. The lowest BCUT2D eigenvalue weighted by Crippen LogP contribution is -2.31. The van der Waals surface area contributed by atoms with Gasteiger partial charge in [0.1, 0.15) is 23.1 Å². The van der Waals surface area contributed by atoms with E-state index in [4.69, 9.17) is 11.5 Å². The van der Waals surface area contributed by atoms with Crippen molar-refractivity contribution in [1.29, 1.82) is 0 Å². The number of nitrogens with two attached hydrogens (primary N) is 2. The number of nitrogens with zero attached hydrogens (tertiary/aromatic N) is 4. The molecule has 156 valence electrons. The van der Waals surface area contributed by atoms with E-state index in [0.717, 1.165) is 17.1 Å². The SMILES string of the molecule is Cc1ccc(F)c(C2SC(N)=CN2c2cnn(C)c2N2CCC(N)C(F)CC2)c1. The van der Waals surface area contributed by atoms with Crippen molar-refractivity contribution in [1.82, 2.24) is 9.78 Å². The average Bonchev–Trinajstić information content (AvgIpc) is 3.21. The minimum atomic E-state index is -1.01. The number of thioether (sulfide) groups is 1. The van der Waals surface area contributed by atoms with Gasteiger partial charge in [0.25, 0.3) is 0 Å². The molecular formula is C20H26F2N6S. The minimum absolute atomic E-state index is 0.271. The van der Waals surface area contributed by atoms with Crippen LogP contribution in [0.2, 0.25) is 0 Å². The number of anilines is 2. The first-order chi connectivity index (χ1) is 13.8. The maximum atomic E-state index is 14.6. The first-order valence-corrected chi connectivity index (χ1v) is 10.6. The third-order valence-corrected chi connectivity index (χ3v) is 6.60. The van der Waals surface area contributed by atoms with Gasteiger partial charge in [-0.3, -0.25) is 4.68 Å². The smallest absolute Gasteiger partial charge is 0.150 e. The summed E-state index contributed by atoms with van der Waals surface area (Å²) in [5.41, 5.74) is 14.4. The molecule has 29 heavy (non-hydrogen) atoms. The minimum Gasteiger partial charge on any atom is -0.392 e. The Bertz CT molecular complexity index is 918. The Kier molecular flexibility index (Phi) is 5.44. The van der Waals surface area contributed by atoms with E-state index < -0.39 is 12.2 Å². The van der Waals surface area contributed by atoms with Crippen molar-refractivity contribution in [3.8, 4) is 0 Å². The quantitative estimate of drug-likeness (QED) is 0.795. The Balaban J connectivity index is 1.71. The molecule has 3 heterocycles. The van der Waals surface area contributed by atoms with Crippen LogP contribution in [0.1, 0.15) is 29.3 Å². The molecule has 3 atom stereocenters. The molecule has 1 fully saturated rings. The van der Waals surface area contributed by atoms with Gasteiger partial charge in [-0.25, -0.2) is 8.78 Å². The van der Waals surface area contributed by atoms with E-state index in [0.29, 0.717) is 36.5 Å². The van der Waals surface area contributed by atoms with Crippen LogP contribution in [-0.2, 0) is 7.05 Å². The monoisotopic (exact) mass is 420 g/mol. The number of hydrogen-bond acceptors (Lipinski definition) is 6. The van der Waals surface area contributed by atoms with Crippen LogP contribution < -0.4 is 21.3 Å². The number of aryl methyl sites for hydroxylation is 2. The van der Waals surface area contributed by atoms with Gasteiger partial charge in [-0.15, -0.1) is 0 Å². The molecule has 4 rings (SSSR count). The van der Waals surface area contributed by atoms with Gasteiger partial charge in [0.15, 0.2) is 5.82 Å². The molecule has 0 radical (unpaired) electrons. The lowest BCUT2D eigenvalue weighted by Gasteiger charge is -2.29. The highest BCUT2D eigenvalue weighted by atomic mass is 32.2. The maximum absolute atomic E-state index is 14.6. The Hall–Kier alpha value is -2.26. The second-order valence-corrected chi connectivity index (χ2v) is 8.81. The Morgan fingerprint density at radius 1 is 1.24 bits per heavy atom. The molecule has 0 spiro atoms. The molecule has 0 amide bonds. The van der Waals surface area contributed by atoms with Crippen LogP contribution in [0.3, 0.4) is 0 Å². The summed E-state index contributed by atoms with van der Waals surface area (Å²) in [6.07, 6.45) is 3.49. The normalized spacial score (nSPS) is 25.3. The maximum Gasteiger partial charge on any atom is 0.150 e. The highest BCUT2D eigenvalue weighted by Gasteiger charge is 2.34. The zero-order valence-electron chi connectivity index (χ0n) is 16.6. The second kappa shape index (κ2) is 7.87. The topological polar surface area (TPSA) is 76.3 Å². The van der Waals surface area contributed by atoms with Crippen LogP contribution in [0.25, 0.3) is 0 Å². The summed E-state index contributed by atoms with van der Waals surface area (Å²) in [6, 6.07) is 4.63. The molecule has 2 aliphatic heterocycles. The number of benzene rings is 1. The van der Waals surface area contributed by atoms with Gasteiger partial charge in [0, 0.05) is 37.9 Å². The number of hydrogen-bond donors (Lipinski definition) is 2. The molecule has 9 heteroatoms. The summed E-state index contributed by atoms with van der Waals surface area (Å²) in [7, 11) is 1.86. The van der Waals surface area contributed by atoms with Crippen molar-refractivity contribution in [2.75, 3.05) is 22.9 Å². The lowest BCUT2D eigenvalue weighted by molar-refractivity contribution is 0.274. The van der Waals surface area contributed by atoms with Crippen molar-refractivity contribution in [2.24, 2.45) is 18.5 Å². The third-order valence-electron chi connectivity index (χ3n) is 5.52. The predicted molar refractivity (Wildman–Crippen MR) is 114 cm³/mol. The Morgan fingerprint density at radius 3 is 2.79 bits per heavy atom. The van der Waals surface area contributed by atoms with Gasteiger partial charge in [-0.2, -0.15) is 5.10 Å². The average molecular weight is 421 g/mol. The molecule has 0 bridgehead atoms. The van der Waals surface area contributed by atoms with E-state index in [1.54, 1.807) is 16.9 Å².